The van der Waals surface area contributed by atoms with E-state index in [4.69, 9.17) is 4.74 Å². The van der Waals surface area contributed by atoms with Crippen LogP contribution in [-0.4, -0.2) is 23.4 Å². The van der Waals surface area contributed by atoms with Gasteiger partial charge in [0.15, 0.2) is 0 Å². The summed E-state index contributed by atoms with van der Waals surface area (Å²) in [6.07, 6.45) is 1.61. The van der Waals surface area contributed by atoms with Crippen molar-refractivity contribution < 1.29 is 14.3 Å². The van der Waals surface area contributed by atoms with E-state index in [-0.39, 0.29) is 6.54 Å². The first kappa shape index (κ1) is 16.5. The highest BCUT2D eigenvalue weighted by molar-refractivity contribution is 6.39. The van der Waals surface area contributed by atoms with E-state index in [0.29, 0.717) is 23.7 Å². The van der Waals surface area contributed by atoms with Crippen LogP contribution < -0.4 is 15.4 Å². The molecule has 2 aromatic rings. The molecule has 0 radical (unpaired) electrons. The highest BCUT2D eigenvalue weighted by Gasteiger charge is 2.15. The molecule has 0 saturated carbocycles. The summed E-state index contributed by atoms with van der Waals surface area (Å²) in [6.45, 7) is 4.36. The number of para-hydroxylation sites is 1. The zero-order valence-corrected chi connectivity index (χ0v) is 13.1. The third-order valence-electron chi connectivity index (χ3n) is 3.17. The lowest BCUT2D eigenvalue weighted by Gasteiger charge is -2.10. The van der Waals surface area contributed by atoms with Crippen LogP contribution in [0.5, 0.6) is 5.88 Å². The van der Waals surface area contributed by atoms with E-state index in [9.17, 15) is 9.59 Å². The number of benzene rings is 1. The van der Waals surface area contributed by atoms with Gasteiger partial charge in [-0.2, -0.15) is 0 Å². The monoisotopic (exact) mass is 313 g/mol. The molecule has 1 aromatic carbocycles. The summed E-state index contributed by atoms with van der Waals surface area (Å²) in [6, 6.07) is 10.8. The molecule has 2 amide bonds. The van der Waals surface area contributed by atoms with E-state index in [0.717, 1.165) is 5.56 Å². The zero-order valence-electron chi connectivity index (χ0n) is 13.1. The lowest BCUT2D eigenvalue weighted by atomic mass is 10.2. The summed E-state index contributed by atoms with van der Waals surface area (Å²) in [5.74, 6) is -0.963. The average molecular weight is 313 g/mol. The highest BCUT2D eigenvalue weighted by Crippen LogP contribution is 2.14. The van der Waals surface area contributed by atoms with E-state index >= 15 is 0 Å². The molecule has 1 heterocycles. The fourth-order valence-corrected chi connectivity index (χ4v) is 1.97. The number of anilines is 1. The molecule has 0 saturated heterocycles. The summed E-state index contributed by atoms with van der Waals surface area (Å²) >= 11 is 0. The molecule has 0 unspecified atom stereocenters. The summed E-state index contributed by atoms with van der Waals surface area (Å²) < 4.78 is 5.38. The fourth-order valence-electron chi connectivity index (χ4n) is 1.97. The molecule has 0 fully saturated rings. The Morgan fingerprint density at radius 2 is 1.91 bits per heavy atom. The summed E-state index contributed by atoms with van der Waals surface area (Å²) in [5.41, 5.74) is 2.22. The van der Waals surface area contributed by atoms with E-state index < -0.39 is 11.8 Å². The van der Waals surface area contributed by atoms with Crippen LogP contribution in [0, 0.1) is 6.92 Å². The van der Waals surface area contributed by atoms with Crippen molar-refractivity contribution in [3.05, 3.63) is 53.7 Å². The molecule has 0 atom stereocenters. The predicted molar refractivity (Wildman–Crippen MR) is 87.1 cm³/mol. The quantitative estimate of drug-likeness (QED) is 0.828. The van der Waals surface area contributed by atoms with Gasteiger partial charge in [-0.25, -0.2) is 4.98 Å². The van der Waals surface area contributed by atoms with Gasteiger partial charge in [-0.05, 0) is 31.5 Å². The first-order chi connectivity index (χ1) is 11.1. The Bertz CT molecular complexity index is 701. The van der Waals surface area contributed by atoms with Crippen molar-refractivity contribution in [2.24, 2.45) is 0 Å². The van der Waals surface area contributed by atoms with E-state index in [1.807, 2.05) is 26.0 Å². The van der Waals surface area contributed by atoms with Crippen LogP contribution in [-0.2, 0) is 16.1 Å². The van der Waals surface area contributed by atoms with Gasteiger partial charge in [0.25, 0.3) is 0 Å². The Morgan fingerprint density at radius 1 is 1.13 bits per heavy atom. The van der Waals surface area contributed by atoms with Gasteiger partial charge in [0.1, 0.15) is 0 Å². The average Bonchev–Trinajstić information content (AvgIpc) is 2.56. The van der Waals surface area contributed by atoms with Crippen molar-refractivity contribution in [1.29, 1.82) is 0 Å². The number of pyridine rings is 1. The SMILES string of the molecule is CCOc1ncccc1CNC(=O)C(=O)Nc1ccccc1C. The first-order valence-electron chi connectivity index (χ1n) is 7.33. The van der Waals surface area contributed by atoms with Crippen molar-refractivity contribution in [3.8, 4) is 5.88 Å². The van der Waals surface area contributed by atoms with E-state index in [1.165, 1.54) is 0 Å². The van der Waals surface area contributed by atoms with Gasteiger partial charge < -0.3 is 15.4 Å². The minimum atomic E-state index is -0.709. The van der Waals surface area contributed by atoms with Crippen LogP contribution in [0.15, 0.2) is 42.6 Å². The van der Waals surface area contributed by atoms with Crippen LogP contribution in [0.25, 0.3) is 0 Å². The third kappa shape index (κ3) is 4.54. The number of rotatable bonds is 5. The second kappa shape index (κ2) is 7.93. The number of carbonyl (C=O) groups excluding carboxylic acids is 2. The molecule has 2 N–H and O–H groups in total. The molecule has 23 heavy (non-hydrogen) atoms. The maximum Gasteiger partial charge on any atom is 0.313 e. The van der Waals surface area contributed by atoms with E-state index in [1.54, 1.807) is 30.5 Å². The summed E-state index contributed by atoms with van der Waals surface area (Å²) in [7, 11) is 0. The zero-order chi connectivity index (χ0) is 16.7. The number of carbonyl (C=O) groups is 2. The van der Waals surface area contributed by atoms with Gasteiger partial charge in [0.05, 0.1) is 6.61 Å². The summed E-state index contributed by atoms with van der Waals surface area (Å²) in [5, 5.41) is 5.15. The first-order valence-corrected chi connectivity index (χ1v) is 7.33. The molecule has 120 valence electrons. The van der Waals surface area contributed by atoms with Crippen molar-refractivity contribution in [2.75, 3.05) is 11.9 Å². The Labute approximate surface area is 134 Å². The molecular weight excluding hydrogens is 294 g/mol. The number of hydrogen-bond donors (Lipinski definition) is 2. The van der Waals surface area contributed by atoms with Gasteiger partial charge in [0, 0.05) is 24.0 Å². The Morgan fingerprint density at radius 3 is 2.65 bits per heavy atom. The van der Waals surface area contributed by atoms with Gasteiger partial charge in [-0.3, -0.25) is 9.59 Å². The minimum Gasteiger partial charge on any atom is -0.478 e. The fraction of sp³-hybridized carbons (Fsp3) is 0.235. The Balaban J connectivity index is 1.95. The third-order valence-corrected chi connectivity index (χ3v) is 3.17. The Kier molecular flexibility index (Phi) is 5.68. The van der Waals surface area contributed by atoms with Crippen molar-refractivity contribution in [3.63, 3.8) is 0 Å². The maximum atomic E-state index is 11.9. The second-order valence-corrected chi connectivity index (χ2v) is 4.85. The number of aromatic nitrogens is 1. The molecule has 1 aromatic heterocycles. The molecule has 6 nitrogen and oxygen atoms in total. The molecule has 0 spiro atoms. The standard InChI is InChI=1S/C17H19N3O3/c1-3-23-17-13(8-6-10-18-17)11-19-15(21)16(22)20-14-9-5-4-7-12(14)2/h4-10H,3,11H2,1-2H3,(H,19,21)(H,20,22). The van der Waals surface area contributed by atoms with Crippen LogP contribution >= 0.6 is 0 Å². The largest absolute Gasteiger partial charge is 0.478 e. The van der Waals surface area contributed by atoms with Crippen LogP contribution in [0.4, 0.5) is 5.69 Å². The van der Waals surface area contributed by atoms with Gasteiger partial charge in [0.2, 0.25) is 5.88 Å². The molecule has 2 rings (SSSR count). The minimum absolute atomic E-state index is 0.170. The number of amides is 2. The van der Waals surface area contributed by atoms with Crippen molar-refractivity contribution in [2.45, 2.75) is 20.4 Å². The van der Waals surface area contributed by atoms with Gasteiger partial charge in [-0.15, -0.1) is 0 Å². The maximum absolute atomic E-state index is 11.9. The predicted octanol–water partition coefficient (Wildman–Crippen LogP) is 2.04. The number of ether oxygens (including phenoxy) is 1. The number of nitrogens with one attached hydrogen (secondary N) is 2. The topological polar surface area (TPSA) is 80.3 Å². The van der Waals surface area contributed by atoms with Crippen LogP contribution in [0.1, 0.15) is 18.1 Å². The molecule has 0 bridgehead atoms. The molecule has 0 aliphatic heterocycles. The smallest absolute Gasteiger partial charge is 0.313 e. The van der Waals surface area contributed by atoms with Crippen LogP contribution in [0.2, 0.25) is 0 Å². The number of nitrogens with zero attached hydrogens (tertiary/aromatic N) is 1. The van der Waals surface area contributed by atoms with Gasteiger partial charge >= 0.3 is 11.8 Å². The normalized spacial score (nSPS) is 10.0. The second-order valence-electron chi connectivity index (χ2n) is 4.85. The lowest BCUT2D eigenvalue weighted by Crippen LogP contribution is -2.35. The molecule has 0 aliphatic rings. The van der Waals surface area contributed by atoms with E-state index in [2.05, 4.69) is 15.6 Å². The molecule has 0 aliphatic carbocycles. The van der Waals surface area contributed by atoms with Crippen LogP contribution in [0.3, 0.4) is 0 Å². The number of aryl methyl sites for hydroxylation is 1. The molecule has 6 heteroatoms. The summed E-state index contributed by atoms with van der Waals surface area (Å²) in [4.78, 5) is 27.9. The van der Waals surface area contributed by atoms with Gasteiger partial charge in [-0.1, -0.05) is 24.3 Å². The highest BCUT2D eigenvalue weighted by atomic mass is 16.5. The van der Waals surface area contributed by atoms with Crippen molar-refractivity contribution in [1.82, 2.24) is 10.3 Å². The van der Waals surface area contributed by atoms with Crippen molar-refractivity contribution >= 4 is 17.5 Å². The lowest BCUT2D eigenvalue weighted by molar-refractivity contribution is -0.136. The number of hydrogen-bond acceptors (Lipinski definition) is 4. The molecular formula is C17H19N3O3. The Hall–Kier alpha value is -2.89.